The van der Waals surface area contributed by atoms with Crippen LogP contribution in [-0.2, 0) is 0 Å². The Morgan fingerprint density at radius 3 is 2.80 bits per heavy atom. The molecule has 1 atom stereocenters. The highest BCUT2D eigenvalue weighted by molar-refractivity contribution is 5.94. The van der Waals surface area contributed by atoms with Gasteiger partial charge in [0.25, 0.3) is 0 Å². The van der Waals surface area contributed by atoms with Gasteiger partial charge in [0.1, 0.15) is 5.84 Å². The van der Waals surface area contributed by atoms with Gasteiger partial charge in [-0.25, -0.2) is 0 Å². The van der Waals surface area contributed by atoms with E-state index < -0.39 is 0 Å². The summed E-state index contributed by atoms with van der Waals surface area (Å²) in [4.78, 5) is 0. The molecule has 1 aliphatic heterocycles. The number of hydrogen-bond donors (Lipinski definition) is 1. The molecule has 56 valence electrons. The van der Waals surface area contributed by atoms with E-state index in [1.165, 1.54) is 0 Å². The van der Waals surface area contributed by atoms with Crippen LogP contribution in [0.3, 0.4) is 0 Å². The summed E-state index contributed by atoms with van der Waals surface area (Å²) in [6.07, 6.45) is 1.97. The highest BCUT2D eigenvalue weighted by atomic mass is 15.2. The maximum atomic E-state index is 5.54. The van der Waals surface area contributed by atoms with Crippen LogP contribution < -0.4 is 5.73 Å². The highest BCUT2D eigenvalue weighted by Crippen LogP contribution is 2.10. The van der Waals surface area contributed by atoms with Gasteiger partial charge in [0.2, 0.25) is 0 Å². The predicted molar refractivity (Wildman–Crippen MR) is 43.1 cm³/mol. The lowest BCUT2D eigenvalue weighted by atomic mass is 10.0. The molecule has 0 spiro atoms. The van der Waals surface area contributed by atoms with Crippen LogP contribution in [0.2, 0.25) is 0 Å². The van der Waals surface area contributed by atoms with E-state index in [1.54, 1.807) is 0 Å². The Hall–Kier alpha value is -0.860. The molecule has 3 nitrogen and oxygen atoms in total. The number of rotatable bonds is 1. The Bertz CT molecular complexity index is 181. The first-order valence-corrected chi connectivity index (χ1v) is 3.62. The van der Waals surface area contributed by atoms with Crippen molar-refractivity contribution in [2.75, 3.05) is 0 Å². The molecule has 0 radical (unpaired) electrons. The van der Waals surface area contributed by atoms with E-state index in [2.05, 4.69) is 24.1 Å². The summed E-state index contributed by atoms with van der Waals surface area (Å²) in [6, 6.07) is 0. The first-order chi connectivity index (χ1) is 4.74. The molecule has 0 aromatic rings. The zero-order valence-corrected chi connectivity index (χ0v) is 6.46. The predicted octanol–water partition coefficient (Wildman–Crippen LogP) is 1.15. The van der Waals surface area contributed by atoms with Gasteiger partial charge in [-0.1, -0.05) is 13.8 Å². The lowest BCUT2D eigenvalue weighted by Crippen LogP contribution is -2.26. The van der Waals surface area contributed by atoms with Gasteiger partial charge in [0, 0.05) is 11.6 Å². The third kappa shape index (κ3) is 1.35. The van der Waals surface area contributed by atoms with E-state index in [1.807, 2.05) is 0 Å². The normalized spacial score (nSPS) is 25.6. The number of nitrogens with two attached hydrogens (primary N) is 1. The van der Waals surface area contributed by atoms with Crippen molar-refractivity contribution in [3.63, 3.8) is 0 Å². The molecule has 10 heavy (non-hydrogen) atoms. The van der Waals surface area contributed by atoms with Crippen molar-refractivity contribution in [3.8, 4) is 0 Å². The second-order valence-electron chi connectivity index (χ2n) is 2.65. The van der Waals surface area contributed by atoms with Crippen LogP contribution in [0.5, 0.6) is 0 Å². The molecule has 3 heteroatoms. The summed E-state index contributed by atoms with van der Waals surface area (Å²) < 4.78 is 0. The molecular formula is C7H13N3. The summed E-state index contributed by atoms with van der Waals surface area (Å²) >= 11 is 0. The molecule has 0 aliphatic carbocycles. The van der Waals surface area contributed by atoms with Gasteiger partial charge in [0.15, 0.2) is 0 Å². The van der Waals surface area contributed by atoms with Crippen LogP contribution in [0, 0.1) is 5.92 Å². The fourth-order valence-electron chi connectivity index (χ4n) is 0.941. The summed E-state index contributed by atoms with van der Waals surface area (Å²) in [5, 5.41) is 7.80. The van der Waals surface area contributed by atoms with Gasteiger partial charge in [0.05, 0.1) is 0 Å². The molecule has 0 aromatic heterocycles. The number of hydrogen-bond acceptors (Lipinski definition) is 3. The number of amidine groups is 1. The average molecular weight is 139 g/mol. The lowest BCUT2D eigenvalue weighted by molar-refractivity contribution is 0.767. The third-order valence-corrected chi connectivity index (χ3v) is 1.76. The Morgan fingerprint density at radius 2 is 2.30 bits per heavy atom. The minimum absolute atomic E-state index is 0.382. The van der Waals surface area contributed by atoms with E-state index >= 15 is 0 Å². The average Bonchev–Trinajstić information content (AvgIpc) is 1.95. The fourth-order valence-corrected chi connectivity index (χ4v) is 0.941. The molecular weight excluding hydrogens is 126 g/mol. The minimum atomic E-state index is 0.382. The molecule has 0 amide bonds. The number of nitrogens with zero attached hydrogens (tertiary/aromatic N) is 2. The Balaban J connectivity index is 2.68. The molecule has 1 rings (SSSR count). The molecule has 0 saturated heterocycles. The second kappa shape index (κ2) is 2.82. The molecule has 1 unspecified atom stereocenters. The maximum absolute atomic E-state index is 5.54. The van der Waals surface area contributed by atoms with Crippen molar-refractivity contribution in [1.29, 1.82) is 0 Å². The first-order valence-electron chi connectivity index (χ1n) is 3.62. The molecule has 1 aliphatic rings. The zero-order chi connectivity index (χ0) is 7.56. The van der Waals surface area contributed by atoms with E-state index in [9.17, 15) is 0 Å². The maximum Gasteiger partial charge on any atom is 0.125 e. The van der Waals surface area contributed by atoms with E-state index in [0.29, 0.717) is 11.8 Å². The molecule has 0 bridgehead atoms. The summed E-state index contributed by atoms with van der Waals surface area (Å²) in [5.74, 6) is 1.05. The summed E-state index contributed by atoms with van der Waals surface area (Å²) in [6.45, 7) is 4.16. The van der Waals surface area contributed by atoms with E-state index in [4.69, 9.17) is 5.73 Å². The smallest absolute Gasteiger partial charge is 0.125 e. The van der Waals surface area contributed by atoms with Crippen molar-refractivity contribution in [1.82, 2.24) is 0 Å². The Morgan fingerprint density at radius 1 is 1.60 bits per heavy atom. The van der Waals surface area contributed by atoms with Crippen LogP contribution in [0.1, 0.15) is 26.7 Å². The zero-order valence-electron chi connectivity index (χ0n) is 6.46. The monoisotopic (exact) mass is 139 g/mol. The highest BCUT2D eigenvalue weighted by Gasteiger charge is 2.13. The standard InChI is InChI=1S/C7H13N3/c1-3-6-4-5(2)7(8)10-9-6/h5H,3-4H2,1-2H3,(H2,8,10). The van der Waals surface area contributed by atoms with Gasteiger partial charge >= 0.3 is 0 Å². The van der Waals surface area contributed by atoms with Crippen molar-refractivity contribution in [2.24, 2.45) is 21.9 Å². The van der Waals surface area contributed by atoms with Crippen LogP contribution in [0.4, 0.5) is 0 Å². The molecule has 1 heterocycles. The lowest BCUT2D eigenvalue weighted by Gasteiger charge is -2.14. The third-order valence-electron chi connectivity index (χ3n) is 1.76. The fraction of sp³-hybridized carbons (Fsp3) is 0.714. The van der Waals surface area contributed by atoms with Gasteiger partial charge in [-0.05, 0) is 12.8 Å². The largest absolute Gasteiger partial charge is 0.385 e. The van der Waals surface area contributed by atoms with Crippen LogP contribution in [-0.4, -0.2) is 11.5 Å². The molecule has 2 N–H and O–H groups in total. The second-order valence-corrected chi connectivity index (χ2v) is 2.65. The van der Waals surface area contributed by atoms with Crippen molar-refractivity contribution in [3.05, 3.63) is 0 Å². The van der Waals surface area contributed by atoms with Crippen molar-refractivity contribution < 1.29 is 0 Å². The van der Waals surface area contributed by atoms with Gasteiger partial charge < -0.3 is 5.73 Å². The molecule has 0 fully saturated rings. The van der Waals surface area contributed by atoms with Crippen LogP contribution in [0.15, 0.2) is 10.2 Å². The Labute approximate surface area is 61.0 Å². The molecule has 0 saturated carbocycles. The van der Waals surface area contributed by atoms with Crippen molar-refractivity contribution in [2.45, 2.75) is 26.7 Å². The quantitative estimate of drug-likeness (QED) is 0.582. The molecule has 0 aromatic carbocycles. The van der Waals surface area contributed by atoms with Crippen LogP contribution in [0.25, 0.3) is 0 Å². The van der Waals surface area contributed by atoms with Crippen LogP contribution >= 0.6 is 0 Å². The Kier molecular flexibility index (Phi) is 2.04. The minimum Gasteiger partial charge on any atom is -0.385 e. The van der Waals surface area contributed by atoms with Gasteiger partial charge in [-0.15, -0.1) is 5.10 Å². The van der Waals surface area contributed by atoms with Gasteiger partial charge in [-0.3, -0.25) is 0 Å². The first kappa shape index (κ1) is 7.25. The van der Waals surface area contributed by atoms with E-state index in [-0.39, 0.29) is 0 Å². The SMILES string of the molecule is CCC1=NN=C(N)C(C)C1. The van der Waals surface area contributed by atoms with E-state index in [0.717, 1.165) is 18.6 Å². The van der Waals surface area contributed by atoms with Crippen molar-refractivity contribution >= 4 is 11.5 Å². The topological polar surface area (TPSA) is 50.7 Å². The summed E-state index contributed by atoms with van der Waals surface area (Å²) in [7, 11) is 0. The van der Waals surface area contributed by atoms with Gasteiger partial charge in [-0.2, -0.15) is 5.10 Å². The summed E-state index contributed by atoms with van der Waals surface area (Å²) in [5.41, 5.74) is 6.69.